The molecule has 1 heterocycles. The first-order valence-corrected chi connectivity index (χ1v) is 5.75. The minimum atomic E-state index is -1.32. The highest BCUT2D eigenvalue weighted by Gasteiger charge is 2.45. The number of amides is 1. The number of carbonyl (C=O) groups is 1. The summed E-state index contributed by atoms with van der Waals surface area (Å²) in [4.78, 5) is 13.0. The fraction of sp³-hybridized carbons (Fsp3) is 0.462. The van der Waals surface area contributed by atoms with E-state index < -0.39 is 5.72 Å². The average Bonchev–Trinajstić information content (AvgIpc) is 2.66. The first kappa shape index (κ1) is 12.7. The third-order valence-corrected chi connectivity index (χ3v) is 3.45. The predicted molar refractivity (Wildman–Crippen MR) is 65.4 cm³/mol. The van der Waals surface area contributed by atoms with Crippen molar-refractivity contribution in [2.24, 2.45) is 0 Å². The van der Waals surface area contributed by atoms with Crippen LogP contribution in [0.5, 0.6) is 11.5 Å². The van der Waals surface area contributed by atoms with Crippen LogP contribution < -0.4 is 9.47 Å². The normalized spacial score (nSPS) is 23.3. The third-order valence-electron chi connectivity index (χ3n) is 3.45. The van der Waals surface area contributed by atoms with Gasteiger partial charge in [0, 0.05) is 19.9 Å². The zero-order valence-electron chi connectivity index (χ0n) is 10.8. The van der Waals surface area contributed by atoms with Gasteiger partial charge in [-0.15, -0.1) is 0 Å². The molecule has 1 unspecified atom stereocenters. The van der Waals surface area contributed by atoms with Gasteiger partial charge < -0.3 is 19.5 Å². The van der Waals surface area contributed by atoms with Gasteiger partial charge in [0.05, 0.1) is 19.8 Å². The molecule has 1 amide bonds. The second-order valence-corrected chi connectivity index (χ2v) is 4.31. The summed E-state index contributed by atoms with van der Waals surface area (Å²) in [5, 5.41) is 10.7. The Kier molecular flexibility index (Phi) is 3.17. The molecule has 0 saturated carbocycles. The van der Waals surface area contributed by atoms with E-state index in [-0.39, 0.29) is 5.91 Å². The van der Waals surface area contributed by atoms with E-state index >= 15 is 0 Å². The zero-order valence-corrected chi connectivity index (χ0v) is 10.8. The smallest absolute Gasteiger partial charge is 0.225 e. The van der Waals surface area contributed by atoms with Crippen LogP contribution in [0.1, 0.15) is 18.4 Å². The molecule has 5 nitrogen and oxygen atoms in total. The molecule has 0 spiro atoms. The van der Waals surface area contributed by atoms with E-state index in [1.165, 1.54) is 19.1 Å². The summed E-state index contributed by atoms with van der Waals surface area (Å²) < 4.78 is 10.5. The molecule has 1 aliphatic heterocycles. The summed E-state index contributed by atoms with van der Waals surface area (Å²) >= 11 is 0. The summed E-state index contributed by atoms with van der Waals surface area (Å²) in [5.41, 5.74) is -0.769. The highest BCUT2D eigenvalue weighted by molar-refractivity contribution is 5.79. The minimum absolute atomic E-state index is 0.0811. The molecule has 1 aromatic rings. The number of hydrogen-bond acceptors (Lipinski definition) is 4. The lowest BCUT2D eigenvalue weighted by Gasteiger charge is -2.32. The molecule has 0 radical (unpaired) electrons. The van der Waals surface area contributed by atoms with Crippen molar-refractivity contribution < 1.29 is 19.4 Å². The molecule has 2 rings (SSSR count). The number of carbonyl (C=O) groups excluding carboxylic acids is 1. The number of para-hydroxylation sites is 1. The number of nitrogens with zero attached hydrogens (tertiary/aromatic N) is 1. The molecule has 1 aromatic carbocycles. The predicted octanol–water partition coefficient (Wildman–Crippen LogP) is 1.10. The lowest BCUT2D eigenvalue weighted by molar-refractivity contribution is -0.143. The quantitative estimate of drug-likeness (QED) is 0.874. The fourth-order valence-corrected chi connectivity index (χ4v) is 2.34. The molecular weight excluding hydrogens is 234 g/mol. The van der Waals surface area contributed by atoms with E-state index in [1.807, 2.05) is 0 Å². The number of aliphatic hydroxyl groups is 1. The summed E-state index contributed by atoms with van der Waals surface area (Å²) in [6.45, 7) is 0. The van der Waals surface area contributed by atoms with Crippen molar-refractivity contribution in [3.63, 3.8) is 0 Å². The van der Waals surface area contributed by atoms with Gasteiger partial charge in [-0.05, 0) is 6.07 Å². The lowest BCUT2D eigenvalue weighted by Crippen LogP contribution is -2.40. The van der Waals surface area contributed by atoms with Crippen molar-refractivity contribution in [3.05, 3.63) is 23.8 Å². The Morgan fingerprint density at radius 2 is 2.06 bits per heavy atom. The van der Waals surface area contributed by atoms with Crippen molar-refractivity contribution >= 4 is 5.91 Å². The van der Waals surface area contributed by atoms with E-state index in [0.29, 0.717) is 29.9 Å². The van der Waals surface area contributed by atoms with Crippen molar-refractivity contribution in [2.75, 3.05) is 21.3 Å². The van der Waals surface area contributed by atoms with Crippen LogP contribution in [-0.2, 0) is 10.5 Å². The summed E-state index contributed by atoms with van der Waals surface area (Å²) in [5.74, 6) is 0.919. The van der Waals surface area contributed by atoms with Crippen LogP contribution in [0, 0.1) is 0 Å². The van der Waals surface area contributed by atoms with Crippen molar-refractivity contribution in [1.82, 2.24) is 4.90 Å². The SMILES string of the molecule is COc1cccc(C2(O)CCC(=O)N2C)c1OC. The Bertz CT molecular complexity index is 474. The van der Waals surface area contributed by atoms with Crippen molar-refractivity contribution in [3.8, 4) is 11.5 Å². The van der Waals surface area contributed by atoms with E-state index in [4.69, 9.17) is 9.47 Å². The van der Waals surface area contributed by atoms with Crippen LogP contribution in [0.3, 0.4) is 0 Å². The minimum Gasteiger partial charge on any atom is -0.493 e. The van der Waals surface area contributed by atoms with Crippen LogP contribution in [0.15, 0.2) is 18.2 Å². The molecule has 18 heavy (non-hydrogen) atoms. The summed E-state index contributed by atoms with van der Waals surface area (Å²) in [6, 6.07) is 5.27. The van der Waals surface area contributed by atoms with Gasteiger partial charge in [-0.25, -0.2) is 0 Å². The lowest BCUT2D eigenvalue weighted by atomic mass is 9.98. The first-order valence-electron chi connectivity index (χ1n) is 5.75. The Labute approximate surface area is 106 Å². The molecule has 0 aliphatic carbocycles. The molecule has 98 valence electrons. The molecule has 1 atom stereocenters. The van der Waals surface area contributed by atoms with Gasteiger partial charge in [-0.1, -0.05) is 12.1 Å². The van der Waals surface area contributed by atoms with Gasteiger partial charge in [0.1, 0.15) is 0 Å². The summed E-state index contributed by atoms with van der Waals surface area (Å²) in [6.07, 6.45) is 0.680. The molecular formula is C13H17NO4. The Hall–Kier alpha value is -1.75. The maximum atomic E-state index is 11.6. The number of ether oxygens (including phenoxy) is 2. The largest absolute Gasteiger partial charge is 0.493 e. The van der Waals surface area contributed by atoms with Gasteiger partial charge in [0.2, 0.25) is 5.91 Å². The van der Waals surface area contributed by atoms with E-state index in [9.17, 15) is 9.90 Å². The van der Waals surface area contributed by atoms with Crippen LogP contribution in [-0.4, -0.2) is 37.2 Å². The van der Waals surface area contributed by atoms with Crippen LogP contribution in [0.4, 0.5) is 0 Å². The fourth-order valence-electron chi connectivity index (χ4n) is 2.34. The number of rotatable bonds is 3. The highest BCUT2D eigenvalue weighted by Crippen LogP contribution is 2.43. The molecule has 1 saturated heterocycles. The average molecular weight is 251 g/mol. The topological polar surface area (TPSA) is 59.0 Å². The maximum Gasteiger partial charge on any atom is 0.225 e. The zero-order chi connectivity index (χ0) is 13.3. The Balaban J connectivity index is 2.54. The van der Waals surface area contributed by atoms with Gasteiger partial charge in [-0.2, -0.15) is 0 Å². The highest BCUT2D eigenvalue weighted by atomic mass is 16.5. The van der Waals surface area contributed by atoms with Gasteiger partial charge >= 0.3 is 0 Å². The number of methoxy groups -OCH3 is 2. The molecule has 0 bridgehead atoms. The van der Waals surface area contributed by atoms with Crippen LogP contribution >= 0.6 is 0 Å². The second kappa shape index (κ2) is 4.49. The van der Waals surface area contributed by atoms with E-state index in [2.05, 4.69) is 0 Å². The number of hydrogen-bond donors (Lipinski definition) is 1. The molecule has 5 heteroatoms. The van der Waals surface area contributed by atoms with Gasteiger partial charge in [0.15, 0.2) is 17.2 Å². The van der Waals surface area contributed by atoms with Crippen LogP contribution in [0.2, 0.25) is 0 Å². The number of likely N-dealkylation sites (tertiary alicyclic amines) is 1. The molecule has 0 aromatic heterocycles. The maximum absolute atomic E-state index is 11.6. The van der Waals surface area contributed by atoms with Crippen molar-refractivity contribution in [1.29, 1.82) is 0 Å². The standard InChI is InChI=1S/C13H17NO4/c1-14-11(15)7-8-13(14,16)9-5-4-6-10(17-2)12(9)18-3/h4-6,16H,7-8H2,1-3H3. The van der Waals surface area contributed by atoms with Crippen LogP contribution in [0.25, 0.3) is 0 Å². The van der Waals surface area contributed by atoms with E-state index in [0.717, 1.165) is 0 Å². The molecule has 1 fully saturated rings. The van der Waals surface area contributed by atoms with E-state index in [1.54, 1.807) is 25.2 Å². The Morgan fingerprint density at radius 3 is 2.56 bits per heavy atom. The van der Waals surface area contributed by atoms with Crippen molar-refractivity contribution in [2.45, 2.75) is 18.6 Å². The first-order chi connectivity index (χ1) is 8.54. The monoisotopic (exact) mass is 251 g/mol. The molecule has 1 aliphatic rings. The second-order valence-electron chi connectivity index (χ2n) is 4.31. The Morgan fingerprint density at radius 1 is 1.33 bits per heavy atom. The molecule has 1 N–H and O–H groups in total. The number of benzene rings is 1. The van der Waals surface area contributed by atoms with Gasteiger partial charge in [-0.3, -0.25) is 4.79 Å². The van der Waals surface area contributed by atoms with Gasteiger partial charge in [0.25, 0.3) is 0 Å². The third kappa shape index (κ3) is 1.71. The summed E-state index contributed by atoms with van der Waals surface area (Å²) in [7, 11) is 4.64.